The summed E-state index contributed by atoms with van der Waals surface area (Å²) in [5, 5.41) is 17.6. The standard InChI is InChI=1S/C8H13FO2/c1-5-6(2-9)8(4-11)7(5)3-10/h2,5,7-8,10-11H,3-4H2,1H3/b6-2-/t5-,7+,8+/m0/s1. The smallest absolute Gasteiger partial charge is 0.0865 e. The monoisotopic (exact) mass is 160 g/mol. The first-order chi connectivity index (χ1) is 5.26. The predicted octanol–water partition coefficient (Wildman–Crippen LogP) is 0.706. The Kier molecular flexibility index (Phi) is 2.62. The average molecular weight is 160 g/mol. The molecular formula is C8H13FO2. The van der Waals surface area contributed by atoms with E-state index in [9.17, 15) is 4.39 Å². The maximum atomic E-state index is 12.1. The van der Waals surface area contributed by atoms with Crippen LogP contribution in [-0.2, 0) is 0 Å². The van der Waals surface area contributed by atoms with Crippen LogP contribution in [0.25, 0.3) is 0 Å². The van der Waals surface area contributed by atoms with Crippen LogP contribution in [0.5, 0.6) is 0 Å². The molecule has 0 unspecified atom stereocenters. The average Bonchev–Trinajstić information content (AvgIpc) is 2.01. The van der Waals surface area contributed by atoms with Crippen molar-refractivity contribution in [1.82, 2.24) is 0 Å². The Morgan fingerprint density at radius 2 is 2.09 bits per heavy atom. The lowest BCUT2D eigenvalue weighted by atomic mass is 9.62. The van der Waals surface area contributed by atoms with Crippen molar-refractivity contribution in [3.63, 3.8) is 0 Å². The number of halogens is 1. The lowest BCUT2D eigenvalue weighted by Gasteiger charge is -2.43. The summed E-state index contributed by atoms with van der Waals surface area (Å²) in [6.45, 7) is 1.83. The van der Waals surface area contributed by atoms with Gasteiger partial charge in [0.05, 0.1) is 12.9 Å². The van der Waals surface area contributed by atoms with Crippen molar-refractivity contribution in [2.75, 3.05) is 13.2 Å². The molecule has 2 nitrogen and oxygen atoms in total. The van der Waals surface area contributed by atoms with Crippen LogP contribution in [-0.4, -0.2) is 23.4 Å². The molecule has 0 bridgehead atoms. The van der Waals surface area contributed by atoms with Crippen LogP contribution in [0, 0.1) is 17.8 Å². The van der Waals surface area contributed by atoms with Crippen LogP contribution in [0.2, 0.25) is 0 Å². The second kappa shape index (κ2) is 3.32. The summed E-state index contributed by atoms with van der Waals surface area (Å²) >= 11 is 0. The molecule has 3 atom stereocenters. The van der Waals surface area contributed by atoms with Gasteiger partial charge in [0.15, 0.2) is 0 Å². The van der Waals surface area contributed by atoms with Crippen molar-refractivity contribution in [3.8, 4) is 0 Å². The molecule has 0 amide bonds. The molecule has 0 spiro atoms. The molecule has 1 aliphatic rings. The van der Waals surface area contributed by atoms with E-state index < -0.39 is 0 Å². The Hall–Kier alpha value is -0.410. The van der Waals surface area contributed by atoms with E-state index in [4.69, 9.17) is 10.2 Å². The summed E-state index contributed by atoms with van der Waals surface area (Å²) < 4.78 is 12.1. The fourth-order valence-corrected chi connectivity index (χ4v) is 1.77. The van der Waals surface area contributed by atoms with Crippen LogP contribution in [0.4, 0.5) is 4.39 Å². The molecule has 11 heavy (non-hydrogen) atoms. The van der Waals surface area contributed by atoms with Crippen molar-refractivity contribution in [2.24, 2.45) is 17.8 Å². The molecule has 1 rings (SSSR count). The van der Waals surface area contributed by atoms with E-state index in [1.165, 1.54) is 0 Å². The van der Waals surface area contributed by atoms with Crippen LogP contribution < -0.4 is 0 Å². The Bertz CT molecular complexity index is 167. The van der Waals surface area contributed by atoms with Gasteiger partial charge in [-0.1, -0.05) is 6.92 Å². The number of rotatable bonds is 2. The van der Waals surface area contributed by atoms with Gasteiger partial charge in [-0.2, -0.15) is 0 Å². The zero-order valence-corrected chi connectivity index (χ0v) is 6.50. The van der Waals surface area contributed by atoms with E-state index >= 15 is 0 Å². The molecular weight excluding hydrogens is 147 g/mol. The molecule has 1 fully saturated rings. The van der Waals surface area contributed by atoms with E-state index in [0.29, 0.717) is 11.9 Å². The molecule has 0 heterocycles. The summed E-state index contributed by atoms with van der Waals surface area (Å²) in [6.07, 6.45) is 0.553. The van der Waals surface area contributed by atoms with Crippen molar-refractivity contribution < 1.29 is 14.6 Å². The van der Waals surface area contributed by atoms with Crippen molar-refractivity contribution in [1.29, 1.82) is 0 Å². The van der Waals surface area contributed by atoms with Gasteiger partial charge in [0, 0.05) is 12.5 Å². The van der Waals surface area contributed by atoms with Crippen LogP contribution in [0.3, 0.4) is 0 Å². The second-order valence-electron chi connectivity index (χ2n) is 3.03. The fourth-order valence-electron chi connectivity index (χ4n) is 1.77. The summed E-state index contributed by atoms with van der Waals surface area (Å²) in [5.74, 6) is -0.0239. The van der Waals surface area contributed by atoms with Crippen molar-refractivity contribution in [2.45, 2.75) is 6.92 Å². The molecule has 0 saturated heterocycles. The Labute approximate surface area is 65.4 Å². The van der Waals surface area contributed by atoms with E-state index in [2.05, 4.69) is 0 Å². The minimum absolute atomic E-state index is 0.0315. The maximum Gasteiger partial charge on any atom is 0.0865 e. The van der Waals surface area contributed by atoms with Gasteiger partial charge in [0.2, 0.25) is 0 Å². The molecule has 1 saturated carbocycles. The van der Waals surface area contributed by atoms with E-state index in [0.717, 1.165) is 0 Å². The summed E-state index contributed by atoms with van der Waals surface area (Å²) in [5.41, 5.74) is 0.631. The fraction of sp³-hybridized carbons (Fsp3) is 0.750. The van der Waals surface area contributed by atoms with Crippen LogP contribution >= 0.6 is 0 Å². The van der Waals surface area contributed by atoms with Gasteiger partial charge in [0.1, 0.15) is 0 Å². The highest BCUT2D eigenvalue weighted by Crippen LogP contribution is 2.44. The molecule has 0 aromatic heterocycles. The lowest BCUT2D eigenvalue weighted by molar-refractivity contribution is 0.0524. The first-order valence-electron chi connectivity index (χ1n) is 3.78. The first kappa shape index (κ1) is 8.68. The van der Waals surface area contributed by atoms with E-state index in [1.54, 1.807) is 0 Å². The Morgan fingerprint density at radius 1 is 1.45 bits per heavy atom. The molecule has 0 aliphatic heterocycles. The molecule has 1 aliphatic carbocycles. The topological polar surface area (TPSA) is 40.5 Å². The van der Waals surface area contributed by atoms with Gasteiger partial charge in [-0.3, -0.25) is 0 Å². The largest absolute Gasteiger partial charge is 0.396 e. The molecule has 3 heteroatoms. The summed E-state index contributed by atoms with van der Waals surface area (Å²) in [6, 6.07) is 0. The van der Waals surface area contributed by atoms with Gasteiger partial charge < -0.3 is 10.2 Å². The summed E-state index contributed by atoms with van der Waals surface area (Å²) in [7, 11) is 0. The van der Waals surface area contributed by atoms with Gasteiger partial charge in [-0.25, -0.2) is 4.39 Å². The molecule has 2 N–H and O–H groups in total. The normalized spacial score (nSPS) is 40.7. The molecule has 64 valence electrons. The first-order valence-corrected chi connectivity index (χ1v) is 3.78. The van der Waals surface area contributed by atoms with Gasteiger partial charge >= 0.3 is 0 Å². The zero-order valence-electron chi connectivity index (χ0n) is 6.50. The zero-order chi connectivity index (χ0) is 8.43. The quantitative estimate of drug-likeness (QED) is 0.624. The molecule has 0 aromatic carbocycles. The van der Waals surface area contributed by atoms with E-state index in [-0.39, 0.29) is 31.0 Å². The molecule has 0 aromatic rings. The number of hydrogen-bond donors (Lipinski definition) is 2. The van der Waals surface area contributed by atoms with Crippen LogP contribution in [0.1, 0.15) is 6.92 Å². The predicted molar refractivity (Wildman–Crippen MR) is 39.5 cm³/mol. The highest BCUT2D eigenvalue weighted by atomic mass is 19.1. The lowest BCUT2D eigenvalue weighted by Crippen LogP contribution is -2.42. The molecule has 0 radical (unpaired) electrons. The Morgan fingerprint density at radius 3 is 2.45 bits per heavy atom. The Balaban J connectivity index is 2.62. The number of aliphatic hydroxyl groups is 2. The third-order valence-electron chi connectivity index (χ3n) is 2.65. The van der Waals surface area contributed by atoms with E-state index in [1.807, 2.05) is 6.92 Å². The van der Waals surface area contributed by atoms with Gasteiger partial charge in [0.25, 0.3) is 0 Å². The third kappa shape index (κ3) is 1.19. The van der Waals surface area contributed by atoms with Gasteiger partial charge in [-0.15, -0.1) is 0 Å². The highest BCUT2D eigenvalue weighted by molar-refractivity contribution is 5.20. The van der Waals surface area contributed by atoms with Gasteiger partial charge in [-0.05, 0) is 17.4 Å². The second-order valence-corrected chi connectivity index (χ2v) is 3.03. The maximum absolute atomic E-state index is 12.1. The minimum Gasteiger partial charge on any atom is -0.396 e. The third-order valence-corrected chi connectivity index (χ3v) is 2.65. The minimum atomic E-state index is -0.153. The van der Waals surface area contributed by atoms with Crippen molar-refractivity contribution >= 4 is 0 Å². The number of aliphatic hydroxyl groups excluding tert-OH is 2. The summed E-state index contributed by atoms with van der Waals surface area (Å²) in [4.78, 5) is 0. The van der Waals surface area contributed by atoms with Crippen LogP contribution in [0.15, 0.2) is 11.9 Å². The SMILES string of the molecule is C[C@H]1/C(=C/F)[C@@H](CO)[C@@H]1CO. The highest BCUT2D eigenvalue weighted by Gasteiger charge is 2.42. The number of hydrogen-bond acceptors (Lipinski definition) is 2. The van der Waals surface area contributed by atoms with Crippen molar-refractivity contribution in [3.05, 3.63) is 11.9 Å².